The van der Waals surface area contributed by atoms with Crippen molar-refractivity contribution >= 4 is 27.4 Å². The molecule has 0 spiro atoms. The zero-order chi connectivity index (χ0) is 14.9. The van der Waals surface area contributed by atoms with E-state index in [1.54, 1.807) is 24.0 Å². The topological polar surface area (TPSA) is 59.7 Å². The fourth-order valence-electron chi connectivity index (χ4n) is 3.10. The van der Waals surface area contributed by atoms with E-state index in [1.165, 1.54) is 17.5 Å². The summed E-state index contributed by atoms with van der Waals surface area (Å²) in [6.45, 7) is 2.10. The third-order valence-corrected chi connectivity index (χ3v) is 5.31. The molecule has 6 nitrogen and oxygen atoms in total. The van der Waals surface area contributed by atoms with Crippen LogP contribution in [0, 0.1) is 5.92 Å². The predicted octanol–water partition coefficient (Wildman–Crippen LogP) is 2.28. The van der Waals surface area contributed by atoms with E-state index in [4.69, 9.17) is 0 Å². The van der Waals surface area contributed by atoms with Gasteiger partial charge in [-0.1, -0.05) is 0 Å². The molecular formula is C15H18N6S. The van der Waals surface area contributed by atoms with Gasteiger partial charge in [0.1, 0.15) is 24.3 Å². The number of anilines is 1. The molecule has 1 saturated heterocycles. The highest BCUT2D eigenvalue weighted by Gasteiger charge is 2.23. The van der Waals surface area contributed by atoms with Gasteiger partial charge in [-0.3, -0.25) is 0 Å². The highest BCUT2D eigenvalue weighted by atomic mass is 32.1. The molecule has 0 radical (unpaired) electrons. The summed E-state index contributed by atoms with van der Waals surface area (Å²) in [7, 11) is 2.01. The van der Waals surface area contributed by atoms with E-state index in [-0.39, 0.29) is 0 Å². The molecule has 0 saturated carbocycles. The van der Waals surface area contributed by atoms with E-state index in [2.05, 4.69) is 36.5 Å². The van der Waals surface area contributed by atoms with Crippen LogP contribution < -0.4 is 4.90 Å². The number of hydrogen-bond acceptors (Lipinski definition) is 6. The largest absolute Gasteiger partial charge is 0.355 e. The third-order valence-electron chi connectivity index (χ3n) is 4.41. The minimum Gasteiger partial charge on any atom is -0.355 e. The van der Waals surface area contributed by atoms with Gasteiger partial charge in [0.15, 0.2) is 0 Å². The number of thiophene rings is 1. The number of nitrogens with zero attached hydrogens (tertiary/aromatic N) is 6. The SMILES string of the molecule is Cn1cnnc1CC1CCN(c2ncnc3ccsc23)CC1. The van der Waals surface area contributed by atoms with Crippen LogP contribution in [0.1, 0.15) is 18.7 Å². The van der Waals surface area contributed by atoms with Gasteiger partial charge in [0.05, 0.1) is 10.2 Å². The Balaban J connectivity index is 1.46. The van der Waals surface area contributed by atoms with Crippen LogP contribution in [0.25, 0.3) is 10.2 Å². The lowest BCUT2D eigenvalue weighted by molar-refractivity contribution is 0.392. The van der Waals surface area contributed by atoms with Gasteiger partial charge in [-0.05, 0) is 30.2 Å². The van der Waals surface area contributed by atoms with Crippen LogP contribution in [-0.2, 0) is 13.5 Å². The second-order valence-corrected chi connectivity index (χ2v) is 6.74. The number of hydrogen-bond donors (Lipinski definition) is 0. The molecule has 22 heavy (non-hydrogen) atoms. The lowest BCUT2D eigenvalue weighted by Crippen LogP contribution is -2.35. The van der Waals surface area contributed by atoms with Gasteiger partial charge in [0.25, 0.3) is 0 Å². The van der Waals surface area contributed by atoms with Crippen LogP contribution in [0.3, 0.4) is 0 Å². The molecule has 0 aliphatic carbocycles. The van der Waals surface area contributed by atoms with Gasteiger partial charge >= 0.3 is 0 Å². The molecule has 4 heterocycles. The van der Waals surface area contributed by atoms with Crippen molar-refractivity contribution in [3.63, 3.8) is 0 Å². The van der Waals surface area contributed by atoms with Crippen molar-refractivity contribution in [3.8, 4) is 0 Å². The lowest BCUT2D eigenvalue weighted by Gasteiger charge is -2.32. The first kappa shape index (κ1) is 13.6. The molecule has 0 N–H and O–H groups in total. The Morgan fingerprint density at radius 2 is 2.14 bits per heavy atom. The van der Waals surface area contributed by atoms with Gasteiger partial charge < -0.3 is 9.47 Å². The highest BCUT2D eigenvalue weighted by Crippen LogP contribution is 2.31. The Hall–Kier alpha value is -2.02. The van der Waals surface area contributed by atoms with Crippen LogP contribution in [0.4, 0.5) is 5.82 Å². The van der Waals surface area contributed by atoms with Crippen molar-refractivity contribution in [1.82, 2.24) is 24.7 Å². The predicted molar refractivity (Wildman–Crippen MR) is 87.1 cm³/mol. The maximum Gasteiger partial charge on any atom is 0.150 e. The Bertz CT molecular complexity index is 771. The maximum atomic E-state index is 4.52. The van der Waals surface area contributed by atoms with Crippen LogP contribution in [0.15, 0.2) is 24.1 Å². The third kappa shape index (κ3) is 2.45. The van der Waals surface area contributed by atoms with Gasteiger partial charge in [0, 0.05) is 26.6 Å². The maximum absolute atomic E-state index is 4.52. The van der Waals surface area contributed by atoms with Gasteiger partial charge in [-0.2, -0.15) is 0 Å². The number of aromatic nitrogens is 5. The Labute approximate surface area is 132 Å². The molecule has 0 atom stereocenters. The molecule has 1 aliphatic rings. The molecule has 0 amide bonds. The molecule has 1 fully saturated rings. The van der Waals surface area contributed by atoms with Crippen molar-refractivity contribution in [2.24, 2.45) is 13.0 Å². The second-order valence-electron chi connectivity index (χ2n) is 5.82. The molecular weight excluding hydrogens is 296 g/mol. The summed E-state index contributed by atoms with van der Waals surface area (Å²) >= 11 is 1.73. The van der Waals surface area contributed by atoms with E-state index in [1.807, 2.05) is 11.6 Å². The van der Waals surface area contributed by atoms with Crippen molar-refractivity contribution in [3.05, 3.63) is 29.9 Å². The number of piperidine rings is 1. The minimum absolute atomic E-state index is 0.680. The fourth-order valence-corrected chi connectivity index (χ4v) is 3.96. The van der Waals surface area contributed by atoms with E-state index >= 15 is 0 Å². The average Bonchev–Trinajstić information content (AvgIpc) is 3.17. The van der Waals surface area contributed by atoms with E-state index in [0.717, 1.165) is 36.7 Å². The molecule has 1 aliphatic heterocycles. The molecule has 0 aromatic carbocycles. The number of aryl methyl sites for hydroxylation is 1. The Morgan fingerprint density at radius 1 is 1.27 bits per heavy atom. The van der Waals surface area contributed by atoms with Crippen molar-refractivity contribution < 1.29 is 0 Å². The van der Waals surface area contributed by atoms with Gasteiger partial charge in [-0.25, -0.2) is 9.97 Å². The average molecular weight is 314 g/mol. The first-order chi connectivity index (χ1) is 10.8. The molecule has 0 unspecified atom stereocenters. The molecule has 3 aromatic rings. The normalized spacial score (nSPS) is 16.5. The molecule has 114 valence electrons. The summed E-state index contributed by atoms with van der Waals surface area (Å²) in [6, 6.07) is 2.06. The lowest BCUT2D eigenvalue weighted by atomic mass is 9.93. The van der Waals surface area contributed by atoms with Crippen LogP contribution in [0.5, 0.6) is 0 Å². The van der Waals surface area contributed by atoms with Crippen molar-refractivity contribution in [2.45, 2.75) is 19.3 Å². The molecule has 7 heteroatoms. The van der Waals surface area contributed by atoms with Crippen molar-refractivity contribution in [1.29, 1.82) is 0 Å². The van der Waals surface area contributed by atoms with Gasteiger partial charge in [0.2, 0.25) is 0 Å². The summed E-state index contributed by atoms with van der Waals surface area (Å²) in [6.07, 6.45) is 6.81. The fraction of sp³-hybridized carbons (Fsp3) is 0.467. The summed E-state index contributed by atoms with van der Waals surface area (Å²) in [4.78, 5) is 11.2. The number of rotatable bonds is 3. The molecule has 0 bridgehead atoms. The Morgan fingerprint density at radius 3 is 2.91 bits per heavy atom. The standard InChI is InChI=1S/C15H18N6S/c1-20-10-18-19-13(20)8-11-2-5-21(6-3-11)15-14-12(4-7-22-14)16-9-17-15/h4,7,9-11H,2-3,5-6,8H2,1H3. The quantitative estimate of drug-likeness (QED) is 0.742. The molecule has 4 rings (SSSR count). The summed E-state index contributed by atoms with van der Waals surface area (Å²) in [5.74, 6) is 2.86. The number of fused-ring (bicyclic) bond motifs is 1. The summed E-state index contributed by atoms with van der Waals surface area (Å²) < 4.78 is 3.22. The van der Waals surface area contributed by atoms with Crippen LogP contribution in [0.2, 0.25) is 0 Å². The van der Waals surface area contributed by atoms with E-state index in [0.29, 0.717) is 5.92 Å². The van der Waals surface area contributed by atoms with Crippen molar-refractivity contribution in [2.75, 3.05) is 18.0 Å². The first-order valence-corrected chi connectivity index (χ1v) is 8.45. The van der Waals surface area contributed by atoms with E-state index in [9.17, 15) is 0 Å². The summed E-state index contributed by atoms with van der Waals surface area (Å²) in [5.41, 5.74) is 1.05. The highest BCUT2D eigenvalue weighted by molar-refractivity contribution is 7.17. The Kier molecular flexibility index (Phi) is 3.49. The molecule has 3 aromatic heterocycles. The first-order valence-electron chi connectivity index (χ1n) is 7.57. The minimum atomic E-state index is 0.680. The zero-order valence-corrected chi connectivity index (χ0v) is 13.3. The zero-order valence-electron chi connectivity index (χ0n) is 12.5. The monoisotopic (exact) mass is 314 g/mol. The van der Waals surface area contributed by atoms with E-state index < -0.39 is 0 Å². The van der Waals surface area contributed by atoms with Gasteiger partial charge in [-0.15, -0.1) is 21.5 Å². The summed E-state index contributed by atoms with van der Waals surface area (Å²) in [5, 5.41) is 10.3. The van der Waals surface area contributed by atoms with Crippen LogP contribution >= 0.6 is 11.3 Å². The van der Waals surface area contributed by atoms with Crippen LogP contribution in [-0.4, -0.2) is 37.8 Å². The second kappa shape index (κ2) is 5.64. The smallest absolute Gasteiger partial charge is 0.150 e.